The lowest BCUT2D eigenvalue weighted by molar-refractivity contribution is -0.131. The van der Waals surface area contributed by atoms with Gasteiger partial charge >= 0.3 is 5.97 Å². The van der Waals surface area contributed by atoms with Crippen LogP contribution in [-0.4, -0.2) is 22.8 Å². The predicted molar refractivity (Wildman–Crippen MR) is 49.8 cm³/mol. The second kappa shape index (κ2) is 4.45. The summed E-state index contributed by atoms with van der Waals surface area (Å²) in [6, 6.07) is 0. The fraction of sp³-hybridized carbons (Fsp3) is 0.250. The average Bonchev–Trinajstić information content (AvgIpc) is 1.84. The first kappa shape index (κ1) is 9.63. The molecule has 0 aliphatic carbocycles. The number of aliphatic hydroxyl groups excluding tert-OH is 1. The summed E-state index contributed by atoms with van der Waals surface area (Å²) >= 11 is 3.46. The van der Waals surface area contributed by atoms with E-state index in [9.17, 15) is 4.79 Å². The van der Waals surface area contributed by atoms with Crippen LogP contribution in [0, 0.1) is 0 Å². The summed E-state index contributed by atoms with van der Waals surface area (Å²) in [5.41, 5.74) is 0. The molecule has 0 saturated carbocycles. The molecule has 0 amide bonds. The van der Waals surface area contributed by atoms with Gasteiger partial charge in [-0.2, -0.15) is 0 Å². The van der Waals surface area contributed by atoms with E-state index in [0.29, 0.717) is 3.58 Å². The zero-order chi connectivity index (χ0) is 7.44. The molecule has 0 unspecified atom stereocenters. The molecule has 0 radical (unpaired) electrons. The van der Waals surface area contributed by atoms with E-state index in [-0.39, 0.29) is 10.2 Å². The van der Waals surface area contributed by atoms with Gasteiger partial charge in [0, 0.05) is 3.58 Å². The number of carboxylic acids is 1. The van der Waals surface area contributed by atoms with Crippen molar-refractivity contribution in [2.45, 2.75) is 0 Å². The van der Waals surface area contributed by atoms with Gasteiger partial charge in [-0.15, -0.1) is 0 Å². The molecule has 9 heavy (non-hydrogen) atoms. The number of hydrogen-bond acceptors (Lipinski definition) is 2. The first-order valence-electron chi connectivity index (χ1n) is 1.98. The maximum atomic E-state index is 10.1. The third-order valence-electron chi connectivity index (χ3n) is 0.565. The topological polar surface area (TPSA) is 57.5 Å². The number of hydrogen-bond donors (Lipinski definition) is 2. The van der Waals surface area contributed by atoms with E-state index < -0.39 is 5.97 Å². The minimum atomic E-state index is -0.992. The van der Waals surface area contributed by atoms with Gasteiger partial charge in [0.2, 0.25) is 0 Å². The largest absolute Gasteiger partial charge is 0.477 e. The Morgan fingerprint density at radius 3 is 2.00 bits per heavy atom. The highest BCUT2D eigenvalue weighted by molar-refractivity contribution is 14.1. The van der Waals surface area contributed by atoms with E-state index in [4.69, 9.17) is 10.2 Å². The lowest BCUT2D eigenvalue weighted by atomic mass is 10.5. The number of carbonyl (C=O) groups is 1. The van der Waals surface area contributed by atoms with Crippen LogP contribution in [0.25, 0.3) is 0 Å². The number of carboxylic acid groups (broad SMARTS) is 1. The Morgan fingerprint density at radius 1 is 1.44 bits per heavy atom. The van der Waals surface area contributed by atoms with Gasteiger partial charge < -0.3 is 10.2 Å². The summed E-state index contributed by atoms with van der Waals surface area (Å²) in [7, 11) is 0. The Bertz CT molecular complexity index is 152. The van der Waals surface area contributed by atoms with Crippen molar-refractivity contribution in [3.63, 3.8) is 0 Å². The third kappa shape index (κ3) is 3.36. The highest BCUT2D eigenvalue weighted by Crippen LogP contribution is 2.17. The van der Waals surface area contributed by atoms with Crippen LogP contribution in [0.4, 0.5) is 0 Å². The Morgan fingerprint density at radius 2 is 1.89 bits per heavy atom. The first-order valence-corrected chi connectivity index (χ1v) is 4.13. The van der Waals surface area contributed by atoms with Crippen LogP contribution in [0.2, 0.25) is 0 Å². The average molecular weight is 354 g/mol. The smallest absolute Gasteiger partial charge is 0.342 e. The molecule has 52 valence electrons. The molecule has 2 N–H and O–H groups in total. The highest BCUT2D eigenvalue weighted by Gasteiger charge is 2.06. The lowest BCUT2D eigenvalue weighted by Gasteiger charge is -1.92. The maximum absolute atomic E-state index is 10.1. The molecule has 0 aliphatic rings. The van der Waals surface area contributed by atoms with E-state index in [1.165, 1.54) is 0 Å². The molecular weight excluding hydrogens is 350 g/mol. The summed E-state index contributed by atoms with van der Waals surface area (Å²) < 4.78 is 0.636. The van der Waals surface area contributed by atoms with Crippen molar-refractivity contribution in [2.24, 2.45) is 0 Å². The van der Waals surface area contributed by atoms with Crippen molar-refractivity contribution in [3.8, 4) is 0 Å². The van der Waals surface area contributed by atoms with E-state index >= 15 is 0 Å². The molecule has 0 saturated heterocycles. The molecule has 0 aromatic rings. The monoisotopic (exact) mass is 354 g/mol. The van der Waals surface area contributed by atoms with E-state index in [1.54, 1.807) is 45.2 Å². The number of aliphatic hydroxyl groups is 1. The van der Waals surface area contributed by atoms with Crippen LogP contribution in [0.15, 0.2) is 7.16 Å². The van der Waals surface area contributed by atoms with Gasteiger partial charge in [-0.25, -0.2) is 4.79 Å². The number of rotatable bonds is 2. The van der Waals surface area contributed by atoms with Crippen LogP contribution in [0.5, 0.6) is 0 Å². The van der Waals surface area contributed by atoms with E-state index in [1.807, 2.05) is 0 Å². The normalized spacial score (nSPS) is 12.8. The van der Waals surface area contributed by atoms with Gasteiger partial charge in [-0.3, -0.25) is 0 Å². The molecule has 0 spiro atoms. The summed E-state index contributed by atoms with van der Waals surface area (Å²) in [6.07, 6.45) is 0. The molecule has 3 nitrogen and oxygen atoms in total. The molecule has 0 aromatic carbocycles. The zero-order valence-electron chi connectivity index (χ0n) is 4.27. The molecule has 0 rings (SSSR count). The third-order valence-corrected chi connectivity index (χ3v) is 3.59. The first-order chi connectivity index (χ1) is 4.09. The molecule has 0 heterocycles. The van der Waals surface area contributed by atoms with Gasteiger partial charge in [-0.1, -0.05) is 0 Å². The van der Waals surface area contributed by atoms with Crippen molar-refractivity contribution in [1.82, 2.24) is 0 Å². The molecule has 0 fully saturated rings. The van der Waals surface area contributed by atoms with Gasteiger partial charge in [0.25, 0.3) is 0 Å². The lowest BCUT2D eigenvalue weighted by Crippen LogP contribution is -1.97. The van der Waals surface area contributed by atoms with E-state index in [2.05, 4.69) is 0 Å². The van der Waals surface area contributed by atoms with Crippen LogP contribution in [-0.2, 0) is 4.79 Å². The second-order valence-electron chi connectivity index (χ2n) is 1.18. The van der Waals surface area contributed by atoms with E-state index in [0.717, 1.165) is 0 Å². The van der Waals surface area contributed by atoms with Gasteiger partial charge in [0.15, 0.2) is 0 Å². The van der Waals surface area contributed by atoms with Gasteiger partial charge in [-0.05, 0) is 45.2 Å². The minimum Gasteiger partial charge on any atom is -0.477 e. The fourth-order valence-corrected chi connectivity index (χ4v) is 0.587. The van der Waals surface area contributed by atoms with Crippen molar-refractivity contribution in [3.05, 3.63) is 7.16 Å². The SMILES string of the molecule is O=C(O)/C(I)=C(/I)CO. The number of halogens is 2. The number of aliphatic carboxylic acids is 1. The quantitative estimate of drug-likeness (QED) is 0.578. The van der Waals surface area contributed by atoms with Crippen LogP contribution < -0.4 is 0 Å². The van der Waals surface area contributed by atoms with Crippen LogP contribution >= 0.6 is 45.2 Å². The summed E-state index contributed by atoms with van der Waals surface area (Å²) in [4.78, 5) is 10.1. The Hall–Kier alpha value is 0.630. The standard InChI is InChI=1S/C4H4I2O3/c5-2(1-7)3(6)4(8)9/h7H,1H2,(H,8,9)/b3-2-. The highest BCUT2D eigenvalue weighted by atomic mass is 127. The Kier molecular flexibility index (Phi) is 4.76. The van der Waals surface area contributed by atoms with Crippen molar-refractivity contribution in [2.75, 3.05) is 6.61 Å². The molecular formula is C4H4I2O3. The second-order valence-corrected chi connectivity index (χ2v) is 3.56. The van der Waals surface area contributed by atoms with Crippen LogP contribution in [0.3, 0.4) is 0 Å². The summed E-state index contributed by atoms with van der Waals surface area (Å²) in [5.74, 6) is -0.992. The molecule has 0 bridgehead atoms. The molecule has 0 aliphatic heterocycles. The molecule has 0 aromatic heterocycles. The van der Waals surface area contributed by atoms with Crippen molar-refractivity contribution in [1.29, 1.82) is 0 Å². The zero-order valence-corrected chi connectivity index (χ0v) is 8.58. The van der Waals surface area contributed by atoms with Crippen molar-refractivity contribution < 1.29 is 15.0 Å². The Balaban J connectivity index is 4.28. The summed E-state index contributed by atoms with van der Waals surface area (Å²) in [6.45, 7) is -0.203. The van der Waals surface area contributed by atoms with Gasteiger partial charge in [0.05, 0.1) is 6.61 Å². The van der Waals surface area contributed by atoms with Crippen LogP contribution in [0.1, 0.15) is 0 Å². The van der Waals surface area contributed by atoms with Crippen molar-refractivity contribution >= 4 is 51.2 Å². The minimum absolute atomic E-state index is 0.177. The fourth-order valence-electron chi connectivity index (χ4n) is 0.185. The predicted octanol–water partition coefficient (Wildman–Crippen LogP) is 1.14. The van der Waals surface area contributed by atoms with Gasteiger partial charge in [0.1, 0.15) is 3.58 Å². The maximum Gasteiger partial charge on any atom is 0.342 e. The summed E-state index contributed by atoms with van der Waals surface area (Å²) in [5, 5.41) is 16.7. The molecule has 0 atom stereocenters. The Labute approximate surface area is 79.4 Å². The molecule has 5 heteroatoms.